The van der Waals surface area contributed by atoms with Crippen LogP contribution in [-0.2, 0) is 6.42 Å². The summed E-state index contributed by atoms with van der Waals surface area (Å²) in [7, 11) is 0. The first-order valence-corrected chi connectivity index (χ1v) is 5.00. The van der Waals surface area contributed by atoms with E-state index < -0.39 is 0 Å². The Morgan fingerprint density at radius 1 is 1.38 bits per heavy atom. The summed E-state index contributed by atoms with van der Waals surface area (Å²) in [5.74, 6) is 1.40. The number of hydrogen-bond donors (Lipinski definition) is 0. The lowest BCUT2D eigenvalue weighted by Crippen LogP contribution is -2.05. The van der Waals surface area contributed by atoms with Crippen LogP contribution in [0.1, 0.15) is 43.1 Å². The van der Waals surface area contributed by atoms with E-state index in [1.807, 2.05) is 0 Å². The fourth-order valence-electron chi connectivity index (χ4n) is 2.32. The molecule has 0 saturated heterocycles. The summed E-state index contributed by atoms with van der Waals surface area (Å²) < 4.78 is 0. The molecule has 1 aliphatic rings. The van der Waals surface area contributed by atoms with Crippen molar-refractivity contribution in [3.05, 3.63) is 23.3 Å². The highest BCUT2D eigenvalue weighted by Crippen LogP contribution is 2.38. The van der Waals surface area contributed by atoms with E-state index in [4.69, 9.17) is 0 Å². The predicted molar refractivity (Wildman–Crippen MR) is 52.7 cm³/mol. The predicted octanol–water partition coefficient (Wildman–Crippen LogP) is 2.47. The summed E-state index contributed by atoms with van der Waals surface area (Å²) in [5.41, 5.74) is 3.89. The third-order valence-electron chi connectivity index (χ3n) is 3.03. The van der Waals surface area contributed by atoms with Gasteiger partial charge < -0.3 is 0 Å². The number of hydrogen-bond acceptors (Lipinski definition) is 2. The van der Waals surface area contributed by atoms with E-state index in [9.17, 15) is 0 Å². The van der Waals surface area contributed by atoms with E-state index in [0.29, 0.717) is 11.8 Å². The average Bonchev–Trinajstić information content (AvgIpc) is 2.49. The van der Waals surface area contributed by atoms with E-state index in [1.165, 1.54) is 23.4 Å². The van der Waals surface area contributed by atoms with Gasteiger partial charge in [-0.2, -0.15) is 0 Å². The van der Waals surface area contributed by atoms with E-state index in [-0.39, 0.29) is 0 Å². The minimum Gasteiger partial charge on any atom is -0.241 e. The largest absolute Gasteiger partial charge is 0.241 e. The van der Waals surface area contributed by atoms with Gasteiger partial charge in [-0.25, -0.2) is 9.97 Å². The van der Waals surface area contributed by atoms with Gasteiger partial charge in [0.1, 0.15) is 6.33 Å². The topological polar surface area (TPSA) is 25.8 Å². The van der Waals surface area contributed by atoms with Crippen molar-refractivity contribution in [2.24, 2.45) is 5.92 Å². The van der Waals surface area contributed by atoms with Crippen LogP contribution in [0.5, 0.6) is 0 Å². The number of aromatic nitrogens is 2. The third-order valence-corrected chi connectivity index (χ3v) is 3.03. The van der Waals surface area contributed by atoms with Crippen molar-refractivity contribution in [3.63, 3.8) is 0 Å². The normalized spacial score (nSPS) is 20.8. The molecular formula is C11H16N2. The van der Waals surface area contributed by atoms with Gasteiger partial charge >= 0.3 is 0 Å². The first kappa shape index (κ1) is 8.67. The zero-order valence-electron chi connectivity index (χ0n) is 8.54. The average molecular weight is 176 g/mol. The molecule has 2 rings (SSSR count). The molecule has 0 aliphatic heterocycles. The summed E-state index contributed by atoms with van der Waals surface area (Å²) >= 11 is 0. The van der Waals surface area contributed by atoms with Crippen LogP contribution in [0.15, 0.2) is 6.33 Å². The lowest BCUT2D eigenvalue weighted by atomic mass is 9.90. The molecular weight excluding hydrogens is 160 g/mol. The van der Waals surface area contributed by atoms with Gasteiger partial charge in [-0.3, -0.25) is 0 Å². The molecule has 13 heavy (non-hydrogen) atoms. The number of rotatable bonds is 1. The molecule has 0 amide bonds. The fraction of sp³-hybridized carbons (Fsp3) is 0.636. The maximum atomic E-state index is 4.34. The highest BCUT2D eigenvalue weighted by atomic mass is 14.8. The number of aryl methyl sites for hydroxylation is 2. The maximum Gasteiger partial charge on any atom is 0.115 e. The summed E-state index contributed by atoms with van der Waals surface area (Å²) in [6.45, 7) is 6.67. The van der Waals surface area contributed by atoms with Gasteiger partial charge in [0.2, 0.25) is 0 Å². The van der Waals surface area contributed by atoms with Crippen molar-refractivity contribution >= 4 is 0 Å². The van der Waals surface area contributed by atoms with E-state index in [1.54, 1.807) is 6.33 Å². The molecule has 0 fully saturated rings. The monoisotopic (exact) mass is 176 g/mol. The smallest absolute Gasteiger partial charge is 0.115 e. The van der Waals surface area contributed by atoms with E-state index in [2.05, 4.69) is 30.7 Å². The first-order chi connectivity index (χ1) is 6.20. The molecule has 1 aromatic rings. The molecule has 0 spiro atoms. The van der Waals surface area contributed by atoms with Crippen molar-refractivity contribution < 1.29 is 0 Å². The van der Waals surface area contributed by atoms with E-state index in [0.717, 1.165) is 6.42 Å². The quantitative estimate of drug-likeness (QED) is 0.657. The lowest BCUT2D eigenvalue weighted by Gasteiger charge is -2.16. The second kappa shape index (κ2) is 3.09. The zero-order valence-corrected chi connectivity index (χ0v) is 8.54. The molecule has 0 N–H and O–H groups in total. The van der Waals surface area contributed by atoms with Crippen molar-refractivity contribution in [1.82, 2.24) is 9.97 Å². The fourth-order valence-corrected chi connectivity index (χ4v) is 2.32. The van der Waals surface area contributed by atoms with Gasteiger partial charge in [-0.05, 0) is 37.2 Å². The first-order valence-electron chi connectivity index (χ1n) is 5.00. The van der Waals surface area contributed by atoms with Gasteiger partial charge in [-0.15, -0.1) is 0 Å². The maximum absolute atomic E-state index is 4.34. The van der Waals surface area contributed by atoms with Crippen molar-refractivity contribution in [1.29, 1.82) is 0 Å². The SMILES string of the molecule is Cc1ncnc2c1[C@H](C(C)C)CC2. The second-order valence-corrected chi connectivity index (χ2v) is 4.21. The van der Waals surface area contributed by atoms with Crippen LogP contribution in [0.2, 0.25) is 0 Å². The zero-order chi connectivity index (χ0) is 9.42. The minimum atomic E-state index is 0.691. The lowest BCUT2D eigenvalue weighted by molar-refractivity contribution is 0.493. The second-order valence-electron chi connectivity index (χ2n) is 4.21. The Labute approximate surface area is 79.4 Å². The summed E-state index contributed by atoms with van der Waals surface area (Å²) in [6, 6.07) is 0. The molecule has 1 atom stereocenters. The van der Waals surface area contributed by atoms with E-state index >= 15 is 0 Å². The Balaban J connectivity index is 2.46. The van der Waals surface area contributed by atoms with Gasteiger partial charge in [-0.1, -0.05) is 13.8 Å². The van der Waals surface area contributed by atoms with Gasteiger partial charge in [0.25, 0.3) is 0 Å². The molecule has 0 bridgehead atoms. The standard InChI is InChI=1S/C11H16N2/c1-7(2)9-4-5-10-11(9)8(3)12-6-13-10/h6-7,9H,4-5H2,1-3H3/t9-/m0/s1. The Bertz CT molecular complexity index is 318. The molecule has 2 heteroatoms. The molecule has 2 nitrogen and oxygen atoms in total. The minimum absolute atomic E-state index is 0.691. The van der Waals surface area contributed by atoms with Crippen LogP contribution in [-0.4, -0.2) is 9.97 Å². The molecule has 1 aliphatic carbocycles. The van der Waals surface area contributed by atoms with Gasteiger partial charge in [0.05, 0.1) is 0 Å². The summed E-state index contributed by atoms with van der Waals surface area (Å²) in [5, 5.41) is 0. The van der Waals surface area contributed by atoms with Crippen LogP contribution < -0.4 is 0 Å². The molecule has 0 radical (unpaired) electrons. The van der Waals surface area contributed by atoms with Gasteiger partial charge in [0, 0.05) is 11.4 Å². The Morgan fingerprint density at radius 3 is 2.85 bits per heavy atom. The molecule has 0 aromatic carbocycles. The van der Waals surface area contributed by atoms with Crippen molar-refractivity contribution in [3.8, 4) is 0 Å². The summed E-state index contributed by atoms with van der Waals surface area (Å²) in [4.78, 5) is 8.61. The third kappa shape index (κ3) is 1.34. The molecule has 1 heterocycles. The van der Waals surface area contributed by atoms with Crippen LogP contribution in [0.4, 0.5) is 0 Å². The van der Waals surface area contributed by atoms with Crippen LogP contribution in [0.25, 0.3) is 0 Å². The number of nitrogens with zero attached hydrogens (tertiary/aromatic N) is 2. The molecule has 0 unspecified atom stereocenters. The van der Waals surface area contributed by atoms with Crippen molar-refractivity contribution in [2.75, 3.05) is 0 Å². The Morgan fingerprint density at radius 2 is 2.15 bits per heavy atom. The number of fused-ring (bicyclic) bond motifs is 1. The highest BCUT2D eigenvalue weighted by molar-refractivity contribution is 5.32. The molecule has 1 aromatic heterocycles. The van der Waals surface area contributed by atoms with Gasteiger partial charge in [0.15, 0.2) is 0 Å². The molecule has 70 valence electrons. The highest BCUT2D eigenvalue weighted by Gasteiger charge is 2.27. The van der Waals surface area contributed by atoms with Crippen LogP contribution in [0.3, 0.4) is 0 Å². The van der Waals surface area contributed by atoms with Crippen molar-refractivity contribution in [2.45, 2.75) is 39.5 Å². The molecule has 0 saturated carbocycles. The Kier molecular flexibility index (Phi) is 2.06. The summed E-state index contributed by atoms with van der Waals surface area (Å²) in [6.07, 6.45) is 4.09. The van der Waals surface area contributed by atoms with Crippen LogP contribution >= 0.6 is 0 Å². The Hall–Kier alpha value is -0.920. The van der Waals surface area contributed by atoms with Crippen LogP contribution in [0, 0.1) is 12.8 Å².